The quantitative estimate of drug-likeness (QED) is 0.288. The molecule has 220 valence electrons. The lowest BCUT2D eigenvalue weighted by molar-refractivity contribution is -0.149. The van der Waals surface area contributed by atoms with E-state index in [-0.39, 0.29) is 18.7 Å². The zero-order chi connectivity index (χ0) is 30.0. The number of hydrogen-bond donors (Lipinski definition) is 3. The molecular formula is C30H50N4O5. The summed E-state index contributed by atoms with van der Waals surface area (Å²) in [6, 6.07) is 3.63. The Bertz CT molecular complexity index is 1000. The number of rotatable bonds is 14. The van der Waals surface area contributed by atoms with Gasteiger partial charge in [0.25, 0.3) is 0 Å². The Kier molecular flexibility index (Phi) is 13.0. The number of aryl methyl sites for hydroxylation is 1. The Morgan fingerprint density at radius 3 is 2.21 bits per heavy atom. The van der Waals surface area contributed by atoms with Gasteiger partial charge in [0.2, 0.25) is 17.7 Å². The standard InChI is InChI=1S/C30H50N4O5/c1-10-12-13-19-32-26(36)25(22-16-14-15-20(3)21(22)4)34(30(8,9)11-2)27(37)23(17-18-24(31)35)33-28(38)39-29(5,6)7/h14-16,23,25H,10-13,17-19H2,1-9H3,(H2,31,35)(H,32,36)(H,33,38). The molecule has 0 aliphatic rings. The van der Waals surface area contributed by atoms with Crippen LogP contribution in [0.25, 0.3) is 0 Å². The van der Waals surface area contributed by atoms with Crippen LogP contribution in [0.4, 0.5) is 4.79 Å². The van der Waals surface area contributed by atoms with E-state index in [2.05, 4.69) is 17.6 Å². The highest BCUT2D eigenvalue weighted by Crippen LogP contribution is 2.34. The van der Waals surface area contributed by atoms with Gasteiger partial charge in [-0.15, -0.1) is 0 Å². The molecular weight excluding hydrogens is 496 g/mol. The molecule has 0 aromatic heterocycles. The molecule has 4 N–H and O–H groups in total. The second kappa shape index (κ2) is 14.9. The van der Waals surface area contributed by atoms with Gasteiger partial charge in [0.15, 0.2) is 0 Å². The van der Waals surface area contributed by atoms with Gasteiger partial charge in [0.05, 0.1) is 0 Å². The third kappa shape index (κ3) is 10.5. The maximum Gasteiger partial charge on any atom is 0.408 e. The van der Waals surface area contributed by atoms with Gasteiger partial charge in [-0.3, -0.25) is 14.4 Å². The number of carbonyl (C=O) groups is 4. The molecule has 0 radical (unpaired) electrons. The summed E-state index contributed by atoms with van der Waals surface area (Å²) in [5.41, 5.74) is 6.45. The number of nitrogens with zero attached hydrogens (tertiary/aromatic N) is 1. The lowest BCUT2D eigenvalue weighted by atomic mass is 9.89. The highest BCUT2D eigenvalue weighted by Gasteiger charge is 2.43. The number of hydrogen-bond acceptors (Lipinski definition) is 5. The van der Waals surface area contributed by atoms with E-state index in [1.165, 1.54) is 0 Å². The minimum absolute atomic E-state index is 0.0264. The van der Waals surface area contributed by atoms with Crippen molar-refractivity contribution in [2.75, 3.05) is 6.54 Å². The van der Waals surface area contributed by atoms with E-state index in [0.717, 1.165) is 30.4 Å². The number of primary amides is 1. The van der Waals surface area contributed by atoms with Crippen molar-refractivity contribution in [1.82, 2.24) is 15.5 Å². The van der Waals surface area contributed by atoms with Crippen molar-refractivity contribution in [2.24, 2.45) is 5.73 Å². The molecule has 1 aromatic carbocycles. The van der Waals surface area contributed by atoms with Gasteiger partial charge < -0.3 is 26.0 Å². The van der Waals surface area contributed by atoms with E-state index in [1.807, 2.05) is 52.8 Å². The smallest absolute Gasteiger partial charge is 0.408 e. The van der Waals surface area contributed by atoms with Crippen LogP contribution in [-0.4, -0.2) is 52.4 Å². The molecule has 1 rings (SSSR count). The highest BCUT2D eigenvalue weighted by molar-refractivity contribution is 5.93. The third-order valence-electron chi connectivity index (χ3n) is 6.95. The predicted octanol–water partition coefficient (Wildman–Crippen LogP) is 4.83. The minimum atomic E-state index is -1.13. The van der Waals surface area contributed by atoms with Crippen molar-refractivity contribution in [3.05, 3.63) is 34.9 Å². The number of alkyl carbamates (subject to hydrolysis) is 1. The van der Waals surface area contributed by atoms with Crippen LogP contribution in [0.1, 0.15) is 110 Å². The van der Waals surface area contributed by atoms with Crippen molar-refractivity contribution < 1.29 is 23.9 Å². The fourth-order valence-corrected chi connectivity index (χ4v) is 4.26. The second-order valence-corrected chi connectivity index (χ2v) is 11.8. The minimum Gasteiger partial charge on any atom is -0.444 e. The van der Waals surface area contributed by atoms with Crippen LogP contribution in [0.3, 0.4) is 0 Å². The molecule has 0 aliphatic carbocycles. The van der Waals surface area contributed by atoms with Crippen LogP contribution >= 0.6 is 0 Å². The first-order valence-electron chi connectivity index (χ1n) is 14.0. The lowest BCUT2D eigenvalue weighted by Gasteiger charge is -2.45. The van der Waals surface area contributed by atoms with E-state index in [9.17, 15) is 19.2 Å². The maximum absolute atomic E-state index is 14.4. The Morgan fingerprint density at radius 1 is 1.03 bits per heavy atom. The molecule has 0 fully saturated rings. The molecule has 0 heterocycles. The van der Waals surface area contributed by atoms with Crippen LogP contribution in [0.15, 0.2) is 18.2 Å². The monoisotopic (exact) mass is 546 g/mol. The molecule has 39 heavy (non-hydrogen) atoms. The maximum atomic E-state index is 14.4. The van der Waals surface area contributed by atoms with E-state index >= 15 is 0 Å². The van der Waals surface area contributed by atoms with Crippen molar-refractivity contribution in [3.8, 4) is 0 Å². The van der Waals surface area contributed by atoms with Gasteiger partial charge in [-0.25, -0.2) is 4.79 Å². The van der Waals surface area contributed by atoms with Crippen molar-refractivity contribution in [3.63, 3.8) is 0 Å². The lowest BCUT2D eigenvalue weighted by Crippen LogP contribution is -2.59. The number of nitrogens with two attached hydrogens (primary N) is 1. The molecule has 4 amide bonds. The average Bonchev–Trinajstić information content (AvgIpc) is 2.83. The van der Waals surface area contributed by atoms with Gasteiger partial charge in [-0.1, -0.05) is 44.9 Å². The summed E-state index contributed by atoms with van der Waals surface area (Å²) in [5, 5.41) is 5.68. The molecule has 0 saturated carbocycles. The van der Waals surface area contributed by atoms with Crippen LogP contribution in [-0.2, 0) is 19.1 Å². The van der Waals surface area contributed by atoms with Crippen LogP contribution in [0.5, 0.6) is 0 Å². The Morgan fingerprint density at radius 2 is 1.67 bits per heavy atom. The van der Waals surface area contributed by atoms with Gasteiger partial charge >= 0.3 is 6.09 Å². The number of unbranched alkanes of at least 4 members (excludes halogenated alkanes) is 2. The molecule has 9 heteroatoms. The first kappa shape index (κ1) is 33.9. The molecule has 9 nitrogen and oxygen atoms in total. The Balaban J connectivity index is 3.67. The summed E-state index contributed by atoms with van der Waals surface area (Å²) in [4.78, 5) is 54.2. The van der Waals surface area contributed by atoms with E-state index in [1.54, 1.807) is 25.7 Å². The predicted molar refractivity (Wildman–Crippen MR) is 154 cm³/mol. The van der Waals surface area contributed by atoms with Crippen LogP contribution in [0, 0.1) is 13.8 Å². The largest absolute Gasteiger partial charge is 0.444 e. The first-order valence-corrected chi connectivity index (χ1v) is 14.0. The number of carbonyl (C=O) groups excluding carboxylic acids is 4. The third-order valence-corrected chi connectivity index (χ3v) is 6.95. The molecule has 2 unspecified atom stereocenters. The second-order valence-electron chi connectivity index (χ2n) is 11.8. The zero-order valence-electron chi connectivity index (χ0n) is 25.4. The van der Waals surface area contributed by atoms with Gasteiger partial charge in [0, 0.05) is 18.5 Å². The molecule has 1 aromatic rings. The molecule has 2 atom stereocenters. The number of ether oxygens (including phenoxy) is 1. The summed E-state index contributed by atoms with van der Waals surface area (Å²) in [6.45, 7) is 17.4. The highest BCUT2D eigenvalue weighted by atomic mass is 16.6. The fourth-order valence-electron chi connectivity index (χ4n) is 4.26. The first-order chi connectivity index (χ1) is 18.1. The summed E-state index contributed by atoms with van der Waals surface area (Å²) in [6.07, 6.45) is 2.43. The van der Waals surface area contributed by atoms with Crippen molar-refractivity contribution in [1.29, 1.82) is 0 Å². The number of benzene rings is 1. The molecule has 0 saturated heterocycles. The normalized spacial score (nSPS) is 13.3. The Labute approximate surface area is 234 Å². The van der Waals surface area contributed by atoms with E-state index in [0.29, 0.717) is 18.5 Å². The summed E-state index contributed by atoms with van der Waals surface area (Å²) in [7, 11) is 0. The van der Waals surface area contributed by atoms with Gasteiger partial charge in [0.1, 0.15) is 17.7 Å². The number of nitrogens with one attached hydrogen (secondary N) is 2. The Hall–Kier alpha value is -3.10. The van der Waals surface area contributed by atoms with Crippen LogP contribution < -0.4 is 16.4 Å². The van der Waals surface area contributed by atoms with Crippen molar-refractivity contribution >= 4 is 23.8 Å². The molecule has 0 spiro atoms. The van der Waals surface area contributed by atoms with Gasteiger partial charge in [-0.2, -0.15) is 0 Å². The summed E-state index contributed by atoms with van der Waals surface area (Å²) < 4.78 is 5.40. The number of amides is 4. The van der Waals surface area contributed by atoms with Crippen LogP contribution in [0.2, 0.25) is 0 Å². The van der Waals surface area contributed by atoms with Gasteiger partial charge in [-0.05, 0) is 84.4 Å². The van der Waals surface area contributed by atoms with E-state index in [4.69, 9.17) is 10.5 Å². The molecule has 0 aliphatic heterocycles. The molecule has 0 bridgehead atoms. The van der Waals surface area contributed by atoms with Crippen molar-refractivity contribution in [2.45, 2.75) is 124 Å². The fraction of sp³-hybridized carbons (Fsp3) is 0.667. The average molecular weight is 547 g/mol. The summed E-state index contributed by atoms with van der Waals surface area (Å²) >= 11 is 0. The SMILES string of the molecule is CCCCCNC(=O)C(c1cccc(C)c1C)N(C(=O)C(CCC(N)=O)NC(=O)OC(C)(C)C)C(C)(C)CC. The topological polar surface area (TPSA) is 131 Å². The van der Waals surface area contributed by atoms with E-state index < -0.39 is 41.1 Å². The zero-order valence-corrected chi connectivity index (χ0v) is 25.4. The summed E-state index contributed by atoms with van der Waals surface area (Å²) in [5.74, 6) is -1.37.